The molecular weight excluding hydrogens is 87.0 g/mol. The second kappa shape index (κ2) is 4.27. The second-order valence-corrected chi connectivity index (χ2v) is 1.34. The summed E-state index contributed by atoms with van der Waals surface area (Å²) < 4.78 is 0. The van der Waals surface area contributed by atoms with Crippen molar-refractivity contribution in [2.75, 3.05) is 0 Å². The molecule has 5 heavy (non-hydrogen) atoms. The van der Waals surface area contributed by atoms with E-state index >= 15 is 0 Å². The Balaban J connectivity index is 0. The third-order valence-corrected chi connectivity index (χ3v) is 0. The van der Waals surface area contributed by atoms with Crippen LogP contribution in [0.5, 0.6) is 0 Å². The Morgan fingerprint density at radius 3 is 1.00 bits per heavy atom. The van der Waals surface area contributed by atoms with Gasteiger partial charge in [-0.2, -0.15) is 0 Å². The van der Waals surface area contributed by atoms with E-state index in [1.54, 1.807) is 0 Å². The lowest BCUT2D eigenvalue weighted by molar-refractivity contribution is 1.69. The Hall–Kier alpha value is 0.270. The Bertz CT molecular complexity index is 8.36. The van der Waals surface area contributed by atoms with Gasteiger partial charge in [0.2, 0.25) is 0 Å². The van der Waals surface area contributed by atoms with Gasteiger partial charge in [0.05, 0.1) is 0 Å². The summed E-state index contributed by atoms with van der Waals surface area (Å²) in [5.41, 5.74) is 14.2. The van der Waals surface area contributed by atoms with Crippen LogP contribution in [0.2, 0.25) is 0 Å². The lowest BCUT2D eigenvalue weighted by Crippen LogP contribution is -2.05. The summed E-state index contributed by atoms with van der Waals surface area (Å²) in [4.78, 5) is 0. The molecule has 0 aliphatic rings. The topological polar surface area (TPSA) is 113 Å². The Labute approximate surface area is 32.2 Å². The normalized spacial score (nSPS) is 7.20. The summed E-state index contributed by atoms with van der Waals surface area (Å²) in [5.74, 6) is 0. The molecular formula is H9N4P. The van der Waals surface area contributed by atoms with Gasteiger partial charge < -0.3 is 6.15 Å². The third-order valence-electron chi connectivity index (χ3n) is 0. The van der Waals surface area contributed by atoms with Gasteiger partial charge in [0.25, 0.3) is 0 Å². The van der Waals surface area contributed by atoms with Crippen molar-refractivity contribution in [2.45, 2.75) is 0 Å². The first-order chi connectivity index (χ1) is 1.73. The van der Waals surface area contributed by atoms with Crippen molar-refractivity contribution in [3.05, 3.63) is 0 Å². The van der Waals surface area contributed by atoms with Crippen LogP contribution in [0.4, 0.5) is 0 Å². The van der Waals surface area contributed by atoms with Gasteiger partial charge in [-0.25, -0.2) is 0 Å². The predicted octanol–water partition coefficient (Wildman–Crippen LogP) is -0.749. The van der Waals surface area contributed by atoms with Gasteiger partial charge >= 0.3 is 0 Å². The first-order valence-corrected chi connectivity index (χ1v) is 2.32. The minimum atomic E-state index is -1.12. The average molecular weight is 96.1 g/mol. The van der Waals surface area contributed by atoms with Gasteiger partial charge in [0.1, 0.15) is 8.37 Å². The highest BCUT2D eigenvalue weighted by Gasteiger charge is 1.65. The largest absolute Gasteiger partial charge is 0.344 e. The van der Waals surface area contributed by atoms with Crippen molar-refractivity contribution in [3.8, 4) is 0 Å². The molecule has 0 radical (unpaired) electrons. The maximum absolute atomic E-state index is 4.73. The van der Waals surface area contributed by atoms with Crippen molar-refractivity contribution in [2.24, 2.45) is 16.5 Å². The van der Waals surface area contributed by atoms with Gasteiger partial charge in [-0.3, -0.25) is 16.5 Å². The quantitative estimate of drug-likeness (QED) is 0.297. The molecule has 0 aliphatic carbocycles. The van der Waals surface area contributed by atoms with E-state index in [4.69, 9.17) is 16.5 Å². The third kappa shape index (κ3) is 302. The molecule has 0 rings (SSSR count). The minimum Gasteiger partial charge on any atom is -0.344 e. The molecule has 5 heteroatoms. The number of hydrogen-bond donors (Lipinski definition) is 4. The van der Waals surface area contributed by atoms with Gasteiger partial charge in [-0.05, 0) is 0 Å². The first kappa shape index (κ1) is 8.99. The smallest absolute Gasteiger partial charge is 0.103 e. The van der Waals surface area contributed by atoms with E-state index in [0.29, 0.717) is 0 Å². The minimum absolute atomic E-state index is 0. The van der Waals surface area contributed by atoms with Crippen LogP contribution in [0.1, 0.15) is 0 Å². The predicted molar refractivity (Wildman–Crippen MR) is 24.5 cm³/mol. The molecule has 0 amide bonds. The van der Waals surface area contributed by atoms with E-state index in [0.717, 1.165) is 0 Å². The first-order valence-electron chi connectivity index (χ1n) is 0.775. The Morgan fingerprint density at radius 1 is 1.00 bits per heavy atom. The van der Waals surface area contributed by atoms with Crippen LogP contribution in [0, 0.1) is 0 Å². The molecule has 0 aliphatic heterocycles. The Morgan fingerprint density at radius 2 is 1.00 bits per heavy atom. The van der Waals surface area contributed by atoms with Crippen LogP contribution in [0.15, 0.2) is 0 Å². The fourth-order valence-electron chi connectivity index (χ4n) is 0. The molecule has 0 fully saturated rings. The van der Waals surface area contributed by atoms with Crippen molar-refractivity contribution in [1.29, 1.82) is 0 Å². The van der Waals surface area contributed by atoms with E-state index in [9.17, 15) is 0 Å². The number of rotatable bonds is 0. The fourth-order valence-corrected chi connectivity index (χ4v) is 0. The van der Waals surface area contributed by atoms with Crippen molar-refractivity contribution in [1.82, 2.24) is 6.15 Å². The summed E-state index contributed by atoms with van der Waals surface area (Å²) in [5, 5.41) is 0. The molecule has 34 valence electrons. The monoisotopic (exact) mass is 96.1 g/mol. The zero-order chi connectivity index (χ0) is 3.58. The molecule has 0 unspecified atom stereocenters. The lowest BCUT2D eigenvalue weighted by Gasteiger charge is -1.83. The molecule has 0 saturated heterocycles. The van der Waals surface area contributed by atoms with Gasteiger partial charge in [0, 0.05) is 0 Å². The molecule has 9 N–H and O–H groups in total. The summed E-state index contributed by atoms with van der Waals surface area (Å²) in [7, 11) is -1.12. The fraction of sp³-hybridized carbons (Fsp3) is 0. The molecule has 0 heterocycles. The van der Waals surface area contributed by atoms with Gasteiger partial charge in [-0.15, -0.1) is 0 Å². The van der Waals surface area contributed by atoms with Crippen LogP contribution in [-0.2, 0) is 0 Å². The highest BCUT2D eigenvalue weighted by Crippen LogP contribution is 1.89. The molecule has 0 atom stereocenters. The highest BCUT2D eigenvalue weighted by molar-refractivity contribution is 7.49. The van der Waals surface area contributed by atoms with Gasteiger partial charge in [-0.1, -0.05) is 0 Å². The summed E-state index contributed by atoms with van der Waals surface area (Å²) in [6.07, 6.45) is 0. The molecule has 4 nitrogen and oxygen atoms in total. The van der Waals surface area contributed by atoms with E-state index in [1.165, 1.54) is 0 Å². The van der Waals surface area contributed by atoms with Crippen LogP contribution in [0.25, 0.3) is 0 Å². The molecule has 0 bridgehead atoms. The maximum atomic E-state index is 4.73. The number of hydrogen-bond acceptors (Lipinski definition) is 4. The molecule has 0 spiro atoms. The zero-order valence-electron chi connectivity index (χ0n) is 2.89. The second-order valence-electron chi connectivity index (χ2n) is 0.447. The number of nitrogens with two attached hydrogens (primary N) is 3. The van der Waals surface area contributed by atoms with Crippen LogP contribution < -0.4 is 22.7 Å². The van der Waals surface area contributed by atoms with E-state index in [-0.39, 0.29) is 6.15 Å². The van der Waals surface area contributed by atoms with E-state index in [1.807, 2.05) is 0 Å². The maximum Gasteiger partial charge on any atom is 0.103 e. The average Bonchev–Trinajstić information content (AvgIpc) is 0.811. The van der Waals surface area contributed by atoms with Crippen LogP contribution in [-0.4, -0.2) is 0 Å². The van der Waals surface area contributed by atoms with Crippen LogP contribution in [0.3, 0.4) is 0 Å². The molecule has 0 aromatic heterocycles. The Kier molecular flexibility index (Phi) is 7.67. The van der Waals surface area contributed by atoms with Crippen molar-refractivity contribution >= 4 is 8.37 Å². The van der Waals surface area contributed by atoms with E-state index in [2.05, 4.69) is 0 Å². The molecule has 0 saturated carbocycles. The molecule has 0 aromatic carbocycles. The lowest BCUT2D eigenvalue weighted by atomic mass is 13.8. The highest BCUT2D eigenvalue weighted by atomic mass is 31.1. The van der Waals surface area contributed by atoms with Crippen LogP contribution >= 0.6 is 8.37 Å². The SMILES string of the molecule is N.NP(N)N. The standard InChI is InChI=1S/H6N3P.H3N/c1-4(2)3;/h1-3H2;1H3. The van der Waals surface area contributed by atoms with Gasteiger partial charge in [0.15, 0.2) is 0 Å². The van der Waals surface area contributed by atoms with Crippen molar-refractivity contribution in [3.63, 3.8) is 0 Å². The van der Waals surface area contributed by atoms with E-state index < -0.39 is 8.37 Å². The van der Waals surface area contributed by atoms with Crippen molar-refractivity contribution < 1.29 is 0 Å². The summed E-state index contributed by atoms with van der Waals surface area (Å²) in [6.45, 7) is 0. The zero-order valence-corrected chi connectivity index (χ0v) is 3.78. The summed E-state index contributed by atoms with van der Waals surface area (Å²) in [6, 6.07) is 0. The summed E-state index contributed by atoms with van der Waals surface area (Å²) >= 11 is 0. The molecule has 0 aromatic rings.